The molecule has 6 nitrogen and oxygen atoms in total. The van der Waals surface area contributed by atoms with E-state index in [1.807, 2.05) is 12.1 Å². The fourth-order valence-corrected chi connectivity index (χ4v) is 4.18. The molecule has 0 bridgehead atoms. The molecule has 1 aliphatic carbocycles. The number of imide groups is 1. The van der Waals surface area contributed by atoms with E-state index < -0.39 is 17.9 Å². The molecule has 1 heterocycles. The number of fused-ring (bicyclic) bond motifs is 1. The van der Waals surface area contributed by atoms with Crippen LogP contribution in [0.4, 0.5) is 0 Å². The van der Waals surface area contributed by atoms with Crippen LogP contribution in [0.2, 0.25) is 0 Å². The van der Waals surface area contributed by atoms with Crippen molar-refractivity contribution in [1.29, 1.82) is 0 Å². The fourth-order valence-electron chi connectivity index (χ4n) is 3.92. The maximum atomic E-state index is 12.9. The summed E-state index contributed by atoms with van der Waals surface area (Å²) in [5, 5.41) is 0. The second kappa shape index (κ2) is 8.07. The molecule has 2 aromatic carbocycles. The Balaban J connectivity index is 1.49. The van der Waals surface area contributed by atoms with E-state index in [1.54, 1.807) is 30.3 Å². The monoisotopic (exact) mass is 467 g/mol. The van der Waals surface area contributed by atoms with E-state index in [9.17, 15) is 24.0 Å². The Morgan fingerprint density at radius 2 is 1.67 bits per heavy atom. The van der Waals surface area contributed by atoms with Crippen LogP contribution in [0.1, 0.15) is 62.3 Å². The Morgan fingerprint density at radius 3 is 2.37 bits per heavy atom. The first kappa shape index (κ1) is 20.3. The van der Waals surface area contributed by atoms with E-state index in [0.717, 1.165) is 14.9 Å². The Morgan fingerprint density at radius 1 is 0.967 bits per heavy atom. The molecule has 1 fully saturated rings. The predicted molar refractivity (Wildman–Crippen MR) is 111 cm³/mol. The molecule has 1 aliphatic heterocycles. The van der Waals surface area contributed by atoms with Crippen LogP contribution in [0.15, 0.2) is 46.9 Å². The third-order valence-electron chi connectivity index (χ3n) is 5.54. The molecule has 0 radical (unpaired) electrons. The number of hydrogen-bond donors (Lipinski definition) is 0. The van der Waals surface area contributed by atoms with Crippen LogP contribution in [0.5, 0.6) is 0 Å². The molecule has 0 saturated heterocycles. The number of Topliss-reactive ketones (excluding diaryl/α,β-unsaturated/α-hetero) is 3. The van der Waals surface area contributed by atoms with Crippen LogP contribution in [0, 0.1) is 0 Å². The van der Waals surface area contributed by atoms with Crippen molar-refractivity contribution in [3.8, 4) is 0 Å². The highest BCUT2D eigenvalue weighted by Gasteiger charge is 2.44. The molecule has 30 heavy (non-hydrogen) atoms. The summed E-state index contributed by atoms with van der Waals surface area (Å²) in [6.07, 6.45) is 0.836. The number of amides is 2. The molecule has 0 N–H and O–H groups in total. The summed E-state index contributed by atoms with van der Waals surface area (Å²) in [4.78, 5) is 62.7. The maximum absolute atomic E-state index is 12.9. The molecule has 1 saturated carbocycles. The van der Waals surface area contributed by atoms with Gasteiger partial charge in [0.05, 0.1) is 23.6 Å². The highest BCUT2D eigenvalue weighted by atomic mass is 79.9. The summed E-state index contributed by atoms with van der Waals surface area (Å²) < 4.78 is 0.895. The summed E-state index contributed by atoms with van der Waals surface area (Å²) in [5.74, 6) is -1.57. The highest BCUT2D eigenvalue weighted by Crippen LogP contribution is 2.30. The van der Waals surface area contributed by atoms with Crippen molar-refractivity contribution in [3.63, 3.8) is 0 Å². The number of carbonyl (C=O) groups is 5. The first-order chi connectivity index (χ1) is 14.3. The van der Waals surface area contributed by atoms with Crippen LogP contribution in [-0.2, 0) is 16.0 Å². The summed E-state index contributed by atoms with van der Waals surface area (Å²) in [6, 6.07) is 11.2. The molecule has 1 atom stereocenters. The lowest BCUT2D eigenvalue weighted by Crippen LogP contribution is -2.47. The number of rotatable bonds is 5. The number of benzene rings is 2. The second-order valence-electron chi connectivity index (χ2n) is 7.53. The first-order valence-corrected chi connectivity index (χ1v) is 10.5. The Bertz CT molecular complexity index is 1090. The highest BCUT2D eigenvalue weighted by molar-refractivity contribution is 9.10. The van der Waals surface area contributed by atoms with Crippen molar-refractivity contribution in [2.45, 2.75) is 38.1 Å². The molecule has 2 aliphatic rings. The van der Waals surface area contributed by atoms with Gasteiger partial charge in [0.2, 0.25) is 0 Å². The van der Waals surface area contributed by atoms with Gasteiger partial charge in [0.25, 0.3) is 11.8 Å². The van der Waals surface area contributed by atoms with Crippen molar-refractivity contribution in [3.05, 3.63) is 69.2 Å². The number of hydrogen-bond acceptors (Lipinski definition) is 5. The van der Waals surface area contributed by atoms with Gasteiger partial charge in [0, 0.05) is 22.9 Å². The minimum atomic E-state index is -0.877. The van der Waals surface area contributed by atoms with Crippen LogP contribution in [0.3, 0.4) is 0 Å². The topological polar surface area (TPSA) is 88.6 Å². The van der Waals surface area contributed by atoms with Crippen molar-refractivity contribution >= 4 is 45.1 Å². The number of aryl methyl sites for hydroxylation is 1. The van der Waals surface area contributed by atoms with Crippen molar-refractivity contribution < 1.29 is 24.0 Å². The SMILES string of the molecule is O=C1CCC(N2C(=O)c3ccc(CCC(=O)c4ccc(Br)cc4)cc3C2=O)C(=O)C1. The summed E-state index contributed by atoms with van der Waals surface area (Å²) in [6.45, 7) is 0. The lowest BCUT2D eigenvalue weighted by atomic mass is 9.92. The quantitative estimate of drug-likeness (QED) is 0.381. The molecule has 4 rings (SSSR count). The second-order valence-corrected chi connectivity index (χ2v) is 8.44. The van der Waals surface area contributed by atoms with Crippen LogP contribution >= 0.6 is 15.9 Å². The standard InChI is InChI=1S/C23H18BrNO5/c24-15-5-3-14(4-6-15)20(27)10-2-13-1-8-17-18(11-13)23(30)25(22(17)29)19-9-7-16(26)12-21(19)28/h1,3-6,8,11,19H,2,7,9-10,12H2. The average molecular weight is 468 g/mol. The molecule has 0 aromatic heterocycles. The zero-order chi connectivity index (χ0) is 21.4. The minimum Gasteiger partial charge on any atom is -0.299 e. The van der Waals surface area contributed by atoms with E-state index in [4.69, 9.17) is 0 Å². The van der Waals surface area contributed by atoms with Gasteiger partial charge in [-0.2, -0.15) is 0 Å². The van der Waals surface area contributed by atoms with Gasteiger partial charge in [-0.25, -0.2) is 0 Å². The molecular weight excluding hydrogens is 450 g/mol. The molecule has 2 aromatic rings. The number of halogens is 1. The zero-order valence-electron chi connectivity index (χ0n) is 16.0. The molecular formula is C23H18BrNO5. The van der Waals surface area contributed by atoms with Gasteiger partial charge in [-0.1, -0.05) is 34.1 Å². The Hall–Kier alpha value is -2.93. The first-order valence-electron chi connectivity index (χ1n) is 9.69. The predicted octanol–water partition coefficient (Wildman–Crippen LogP) is 3.55. The van der Waals surface area contributed by atoms with Gasteiger partial charge in [-0.3, -0.25) is 28.9 Å². The van der Waals surface area contributed by atoms with Crippen molar-refractivity contribution in [2.24, 2.45) is 0 Å². The lowest BCUT2D eigenvalue weighted by molar-refractivity contribution is -0.132. The van der Waals surface area contributed by atoms with Gasteiger partial charge in [0.15, 0.2) is 11.6 Å². The van der Waals surface area contributed by atoms with Crippen LogP contribution in [0.25, 0.3) is 0 Å². The summed E-state index contributed by atoms with van der Waals surface area (Å²) in [7, 11) is 0. The normalized spacial score (nSPS) is 18.7. The van der Waals surface area contributed by atoms with Gasteiger partial charge < -0.3 is 0 Å². The largest absolute Gasteiger partial charge is 0.299 e. The third kappa shape index (κ3) is 3.77. The van der Waals surface area contributed by atoms with Gasteiger partial charge >= 0.3 is 0 Å². The number of ketones is 3. The summed E-state index contributed by atoms with van der Waals surface area (Å²) in [5.41, 5.74) is 1.89. The van der Waals surface area contributed by atoms with Crippen molar-refractivity contribution in [1.82, 2.24) is 4.90 Å². The average Bonchev–Trinajstić information content (AvgIpc) is 2.97. The van der Waals surface area contributed by atoms with E-state index in [-0.39, 0.29) is 54.2 Å². The van der Waals surface area contributed by atoms with Gasteiger partial charge in [-0.15, -0.1) is 0 Å². The number of carbonyl (C=O) groups excluding carboxylic acids is 5. The van der Waals surface area contributed by atoms with Crippen LogP contribution in [-0.4, -0.2) is 40.1 Å². The summed E-state index contributed by atoms with van der Waals surface area (Å²) >= 11 is 3.34. The smallest absolute Gasteiger partial charge is 0.262 e. The zero-order valence-corrected chi connectivity index (χ0v) is 17.6. The maximum Gasteiger partial charge on any atom is 0.262 e. The fraction of sp³-hybridized carbons (Fsp3) is 0.261. The van der Waals surface area contributed by atoms with E-state index in [0.29, 0.717) is 12.0 Å². The lowest BCUT2D eigenvalue weighted by Gasteiger charge is -2.27. The van der Waals surface area contributed by atoms with E-state index >= 15 is 0 Å². The van der Waals surface area contributed by atoms with Crippen molar-refractivity contribution in [2.75, 3.05) is 0 Å². The molecule has 2 amide bonds. The molecule has 1 unspecified atom stereocenters. The Labute approximate surface area is 181 Å². The third-order valence-corrected chi connectivity index (χ3v) is 6.07. The molecule has 152 valence electrons. The number of nitrogens with zero attached hydrogens (tertiary/aromatic N) is 1. The molecule has 7 heteroatoms. The van der Waals surface area contributed by atoms with Crippen LogP contribution < -0.4 is 0 Å². The van der Waals surface area contributed by atoms with E-state index in [2.05, 4.69) is 15.9 Å². The minimum absolute atomic E-state index is 0.00972. The Kier molecular flexibility index (Phi) is 5.47. The van der Waals surface area contributed by atoms with E-state index in [1.165, 1.54) is 0 Å². The van der Waals surface area contributed by atoms with Gasteiger partial charge in [-0.05, 0) is 42.7 Å². The molecule has 0 spiro atoms. The van der Waals surface area contributed by atoms with Gasteiger partial charge in [0.1, 0.15) is 5.78 Å².